The molecule has 128 valence electrons. The summed E-state index contributed by atoms with van der Waals surface area (Å²) < 4.78 is 5.01. The number of carbonyl (C=O) groups excluding carboxylic acids is 2. The Hall–Kier alpha value is -1.37. The number of rotatable bonds is 5. The SMILES string of the molecule is CCN(C(=O)COC(=O)[C@]1(C)CC1(Cl)Cl)c1nc2ccccc2s1. The molecule has 1 atom stereocenters. The molecule has 3 rings (SSSR count). The molecule has 1 fully saturated rings. The van der Waals surface area contributed by atoms with Crippen LogP contribution in [0, 0.1) is 5.41 Å². The maximum absolute atomic E-state index is 12.4. The van der Waals surface area contributed by atoms with Gasteiger partial charge in [-0.25, -0.2) is 4.98 Å². The topological polar surface area (TPSA) is 59.5 Å². The van der Waals surface area contributed by atoms with Crippen LogP contribution in [-0.4, -0.2) is 34.3 Å². The highest BCUT2D eigenvalue weighted by atomic mass is 35.5. The first kappa shape index (κ1) is 17.5. The van der Waals surface area contributed by atoms with Crippen LogP contribution >= 0.6 is 34.5 Å². The molecule has 0 radical (unpaired) electrons. The van der Waals surface area contributed by atoms with Crippen molar-refractivity contribution in [3.63, 3.8) is 0 Å². The number of para-hydroxylation sites is 1. The first-order chi connectivity index (χ1) is 11.3. The van der Waals surface area contributed by atoms with Gasteiger partial charge in [0.1, 0.15) is 9.75 Å². The van der Waals surface area contributed by atoms with E-state index in [-0.39, 0.29) is 12.5 Å². The number of aromatic nitrogens is 1. The molecule has 1 amide bonds. The smallest absolute Gasteiger partial charge is 0.315 e. The van der Waals surface area contributed by atoms with Gasteiger partial charge in [0.25, 0.3) is 5.91 Å². The summed E-state index contributed by atoms with van der Waals surface area (Å²) in [6.45, 7) is 3.55. The van der Waals surface area contributed by atoms with Crippen LogP contribution in [0.25, 0.3) is 10.2 Å². The molecule has 8 heteroatoms. The summed E-state index contributed by atoms with van der Waals surface area (Å²) in [7, 11) is 0. The van der Waals surface area contributed by atoms with Crippen LogP contribution in [0.4, 0.5) is 5.13 Å². The minimum Gasteiger partial charge on any atom is -0.455 e. The number of ether oxygens (including phenoxy) is 1. The standard InChI is InChI=1S/C16H16Cl2N2O3S/c1-3-20(14-19-10-6-4-5-7-11(10)24-14)12(21)8-23-13(22)15(2)9-16(15,17)18/h4-7H,3,8-9H2,1-2H3/t15-/m0/s1. The fourth-order valence-electron chi connectivity index (χ4n) is 2.38. The van der Waals surface area contributed by atoms with E-state index in [1.54, 1.807) is 6.92 Å². The molecule has 0 bridgehead atoms. The number of halogens is 2. The molecule has 1 aliphatic carbocycles. The third-order valence-corrected chi connectivity index (χ3v) is 6.33. The van der Waals surface area contributed by atoms with Crippen molar-refractivity contribution in [2.24, 2.45) is 5.41 Å². The number of likely N-dealkylation sites (N-methyl/N-ethyl adjacent to an activating group) is 1. The maximum Gasteiger partial charge on any atom is 0.315 e. The van der Waals surface area contributed by atoms with E-state index in [1.807, 2.05) is 31.2 Å². The number of thiazole rings is 1. The number of benzene rings is 1. The normalized spacial score (nSPS) is 21.5. The molecule has 0 unspecified atom stereocenters. The second-order valence-corrected chi connectivity index (χ2v) is 8.38. The number of hydrogen-bond acceptors (Lipinski definition) is 5. The number of anilines is 1. The van der Waals surface area contributed by atoms with Gasteiger partial charge in [-0.1, -0.05) is 23.5 Å². The molecule has 1 aliphatic rings. The number of carbonyl (C=O) groups is 2. The maximum atomic E-state index is 12.4. The van der Waals surface area contributed by atoms with Crippen LogP contribution in [0.3, 0.4) is 0 Å². The van der Waals surface area contributed by atoms with E-state index in [9.17, 15) is 9.59 Å². The predicted molar refractivity (Wildman–Crippen MR) is 95.8 cm³/mol. The molecule has 24 heavy (non-hydrogen) atoms. The second-order valence-electron chi connectivity index (χ2n) is 5.89. The molecule has 1 saturated carbocycles. The van der Waals surface area contributed by atoms with E-state index < -0.39 is 15.7 Å². The molecule has 0 saturated heterocycles. The Labute approximate surface area is 153 Å². The predicted octanol–water partition coefficient (Wildman–Crippen LogP) is 3.78. The highest BCUT2D eigenvalue weighted by Gasteiger charge is 2.69. The molecule has 2 aromatic rings. The van der Waals surface area contributed by atoms with Gasteiger partial charge in [0.2, 0.25) is 0 Å². The monoisotopic (exact) mass is 386 g/mol. The highest BCUT2D eigenvalue weighted by Crippen LogP contribution is 2.64. The summed E-state index contributed by atoms with van der Waals surface area (Å²) in [5, 5.41) is 0.585. The van der Waals surface area contributed by atoms with E-state index in [2.05, 4.69) is 4.98 Å². The number of hydrogen-bond donors (Lipinski definition) is 0. The van der Waals surface area contributed by atoms with E-state index >= 15 is 0 Å². The molecule has 0 aliphatic heterocycles. The van der Waals surface area contributed by atoms with Crippen molar-refractivity contribution >= 4 is 61.8 Å². The summed E-state index contributed by atoms with van der Waals surface area (Å²) in [5.41, 5.74) is -0.108. The largest absolute Gasteiger partial charge is 0.455 e. The third-order valence-electron chi connectivity index (χ3n) is 4.17. The Morgan fingerprint density at radius 2 is 2.04 bits per heavy atom. The lowest BCUT2D eigenvalue weighted by molar-refractivity contribution is -0.152. The first-order valence-corrected chi connectivity index (χ1v) is 9.07. The second kappa shape index (κ2) is 6.17. The lowest BCUT2D eigenvalue weighted by atomic mass is 10.1. The van der Waals surface area contributed by atoms with Crippen molar-refractivity contribution in [3.8, 4) is 0 Å². The summed E-state index contributed by atoms with van der Waals surface area (Å²) in [5.74, 6) is -0.884. The number of esters is 1. The third kappa shape index (κ3) is 2.98. The van der Waals surface area contributed by atoms with Crippen LogP contribution in [0.15, 0.2) is 24.3 Å². The van der Waals surface area contributed by atoms with Crippen molar-refractivity contribution in [2.45, 2.75) is 24.6 Å². The van der Waals surface area contributed by atoms with Crippen molar-refractivity contribution in [3.05, 3.63) is 24.3 Å². The minimum atomic E-state index is -1.11. The van der Waals surface area contributed by atoms with Crippen molar-refractivity contribution in [2.75, 3.05) is 18.1 Å². The van der Waals surface area contributed by atoms with Crippen LogP contribution in [0.5, 0.6) is 0 Å². The van der Waals surface area contributed by atoms with E-state index in [4.69, 9.17) is 27.9 Å². The summed E-state index contributed by atoms with van der Waals surface area (Å²) in [4.78, 5) is 30.4. The molecule has 0 spiro atoms. The van der Waals surface area contributed by atoms with Crippen LogP contribution in [0.2, 0.25) is 0 Å². The van der Waals surface area contributed by atoms with Gasteiger partial charge in [-0.05, 0) is 26.0 Å². The zero-order valence-electron chi connectivity index (χ0n) is 13.2. The van der Waals surface area contributed by atoms with Gasteiger partial charge in [0.05, 0.1) is 10.2 Å². The van der Waals surface area contributed by atoms with Crippen molar-refractivity contribution in [1.82, 2.24) is 4.98 Å². The average molecular weight is 387 g/mol. The number of fused-ring (bicyclic) bond motifs is 1. The fraction of sp³-hybridized carbons (Fsp3) is 0.438. The van der Waals surface area contributed by atoms with Gasteiger partial charge < -0.3 is 4.74 Å². The zero-order chi connectivity index (χ0) is 17.5. The molecular weight excluding hydrogens is 371 g/mol. The Morgan fingerprint density at radius 3 is 2.62 bits per heavy atom. The minimum absolute atomic E-state index is 0.325. The Kier molecular flexibility index (Phi) is 4.49. The summed E-state index contributed by atoms with van der Waals surface area (Å²) >= 11 is 13.3. The van der Waals surface area contributed by atoms with Crippen molar-refractivity contribution in [1.29, 1.82) is 0 Å². The van der Waals surface area contributed by atoms with Gasteiger partial charge in [-0.3, -0.25) is 14.5 Å². The fourth-order valence-corrected chi connectivity index (χ4v) is 4.12. The first-order valence-electron chi connectivity index (χ1n) is 7.49. The average Bonchev–Trinajstić information content (AvgIpc) is 2.89. The Bertz CT molecular complexity index is 774. The molecule has 0 N–H and O–H groups in total. The Balaban J connectivity index is 1.67. The number of amides is 1. The highest BCUT2D eigenvalue weighted by molar-refractivity contribution is 7.22. The van der Waals surface area contributed by atoms with Crippen LogP contribution in [0.1, 0.15) is 20.3 Å². The molecule has 1 aromatic carbocycles. The van der Waals surface area contributed by atoms with Crippen LogP contribution in [-0.2, 0) is 14.3 Å². The molecule has 1 aromatic heterocycles. The lowest BCUT2D eigenvalue weighted by Gasteiger charge is -2.18. The molecule has 1 heterocycles. The van der Waals surface area contributed by atoms with E-state index in [0.717, 1.165) is 10.2 Å². The summed E-state index contributed by atoms with van der Waals surface area (Å²) in [6, 6.07) is 7.66. The summed E-state index contributed by atoms with van der Waals surface area (Å²) in [6.07, 6.45) is 0.325. The van der Waals surface area contributed by atoms with Crippen molar-refractivity contribution < 1.29 is 14.3 Å². The number of alkyl halides is 2. The van der Waals surface area contributed by atoms with E-state index in [0.29, 0.717) is 18.1 Å². The van der Waals surface area contributed by atoms with Gasteiger partial charge in [0, 0.05) is 13.0 Å². The Morgan fingerprint density at radius 1 is 1.38 bits per heavy atom. The van der Waals surface area contributed by atoms with Gasteiger partial charge in [-0.15, -0.1) is 23.2 Å². The van der Waals surface area contributed by atoms with Gasteiger partial charge in [0.15, 0.2) is 11.7 Å². The van der Waals surface area contributed by atoms with Crippen LogP contribution < -0.4 is 4.90 Å². The van der Waals surface area contributed by atoms with E-state index in [1.165, 1.54) is 16.2 Å². The van der Waals surface area contributed by atoms with Gasteiger partial charge >= 0.3 is 5.97 Å². The van der Waals surface area contributed by atoms with Gasteiger partial charge in [-0.2, -0.15) is 0 Å². The molecule has 5 nitrogen and oxygen atoms in total. The zero-order valence-corrected chi connectivity index (χ0v) is 15.5. The lowest BCUT2D eigenvalue weighted by Crippen LogP contribution is -2.35. The quantitative estimate of drug-likeness (QED) is 0.579. The molecular formula is C16H16Cl2N2O3S. The number of nitrogens with zero attached hydrogens (tertiary/aromatic N) is 2.